The molecule has 7 heteroatoms. The molecule has 3 heterocycles. The van der Waals surface area contributed by atoms with Crippen LogP contribution in [-0.4, -0.2) is 48.4 Å². The molecule has 6 unspecified atom stereocenters. The number of benzene rings is 1. The second kappa shape index (κ2) is 6.85. The molecule has 3 aliphatic rings. The Hall–Kier alpha value is -0.910. The Bertz CT molecular complexity index is 720. The molecule has 1 aromatic rings. The van der Waals surface area contributed by atoms with Crippen molar-refractivity contribution in [1.29, 1.82) is 0 Å². The summed E-state index contributed by atoms with van der Waals surface area (Å²) in [4.78, 5) is 0. The lowest BCUT2D eigenvalue weighted by molar-refractivity contribution is -0.164. The van der Waals surface area contributed by atoms with Crippen molar-refractivity contribution in [3.63, 3.8) is 0 Å². The van der Waals surface area contributed by atoms with Gasteiger partial charge >= 0.3 is 0 Å². The molecule has 0 aromatic heterocycles. The Morgan fingerprint density at radius 3 is 2.30 bits per heavy atom. The van der Waals surface area contributed by atoms with Gasteiger partial charge < -0.3 is 28.8 Å². The lowest BCUT2D eigenvalue weighted by Gasteiger charge is -2.39. The van der Waals surface area contributed by atoms with Crippen LogP contribution in [-0.2, 0) is 23.5 Å². The summed E-state index contributed by atoms with van der Waals surface area (Å²) in [5.41, 5.74) is 2.15. The summed E-state index contributed by atoms with van der Waals surface area (Å²) in [6.07, 6.45) is -0.00925. The van der Waals surface area contributed by atoms with Crippen LogP contribution in [0.2, 0.25) is 0 Å². The highest BCUT2D eigenvalue weighted by Gasteiger charge is 2.56. The van der Waals surface area contributed by atoms with Gasteiger partial charge in [-0.05, 0) is 46.8 Å². The third-order valence-electron chi connectivity index (χ3n) is 5.58. The average Bonchev–Trinajstić information content (AvgIpc) is 3.10. The highest BCUT2D eigenvalue weighted by atomic mass is 31.1. The normalized spacial score (nSPS) is 39.9. The molecule has 3 aliphatic heterocycles. The number of aryl methyl sites for hydroxylation is 1. The molecule has 3 fully saturated rings. The van der Waals surface area contributed by atoms with Crippen molar-refractivity contribution in [2.24, 2.45) is 5.92 Å². The molecule has 0 aliphatic carbocycles. The van der Waals surface area contributed by atoms with Gasteiger partial charge in [-0.1, -0.05) is 17.7 Å². The van der Waals surface area contributed by atoms with Crippen molar-refractivity contribution in [2.45, 2.75) is 70.3 Å². The van der Waals surface area contributed by atoms with Gasteiger partial charge in [0.25, 0.3) is 0 Å². The maximum absolute atomic E-state index is 13.2. The average molecular weight is 395 g/mol. The van der Waals surface area contributed by atoms with Gasteiger partial charge in [-0.25, -0.2) is 0 Å². The fourth-order valence-corrected chi connectivity index (χ4v) is 6.49. The minimum absolute atomic E-state index is 0.000932. The van der Waals surface area contributed by atoms with Crippen LogP contribution in [0.4, 0.5) is 5.69 Å². The monoisotopic (exact) mass is 395 g/mol. The third kappa shape index (κ3) is 3.96. The van der Waals surface area contributed by atoms with Crippen LogP contribution in [0.1, 0.15) is 33.3 Å². The molecule has 6 atom stereocenters. The largest absolute Gasteiger partial charge is 0.373 e. The number of ether oxygens (including phenoxy) is 4. The minimum atomic E-state index is -1.96. The first-order chi connectivity index (χ1) is 12.6. The summed E-state index contributed by atoms with van der Waals surface area (Å²) in [5.74, 6) is -1.57. The van der Waals surface area contributed by atoms with Crippen LogP contribution in [0.15, 0.2) is 24.3 Å². The van der Waals surface area contributed by atoms with E-state index < -0.39 is 19.4 Å². The van der Waals surface area contributed by atoms with Crippen LogP contribution >= 0.6 is 7.80 Å². The number of hydrogen-bond acceptors (Lipinski definition) is 6. The zero-order chi connectivity index (χ0) is 19.4. The lowest BCUT2D eigenvalue weighted by atomic mass is 9.93. The second-order valence-corrected chi connectivity index (χ2v) is 10.7. The quantitative estimate of drug-likeness (QED) is 0.789. The molecule has 6 nitrogen and oxygen atoms in total. The van der Waals surface area contributed by atoms with Crippen molar-refractivity contribution in [2.75, 3.05) is 18.1 Å². The van der Waals surface area contributed by atoms with Gasteiger partial charge in [0, 0.05) is 17.8 Å². The van der Waals surface area contributed by atoms with Crippen molar-refractivity contribution < 1.29 is 23.5 Å². The van der Waals surface area contributed by atoms with E-state index in [-0.39, 0.29) is 30.0 Å². The molecule has 4 rings (SSSR count). The summed E-state index contributed by atoms with van der Waals surface area (Å²) in [5, 5.41) is 3.45. The lowest BCUT2D eigenvalue weighted by Crippen LogP contribution is -2.51. The van der Waals surface area contributed by atoms with Crippen molar-refractivity contribution >= 4 is 13.5 Å². The minimum Gasteiger partial charge on any atom is -0.373 e. The van der Waals surface area contributed by atoms with Crippen LogP contribution in [0.5, 0.6) is 0 Å². The van der Waals surface area contributed by atoms with Gasteiger partial charge in [0.05, 0.1) is 18.8 Å². The standard InChI is InChI=1S/C20H30NO5P/c1-12-6-8-13(9-7-12)21-18-17-16(25-20(4,5)26-17)14(11-27(18)22)15-10-23-19(2,3)24-15/h6-9,14-18,21,27H,10-11H2,1-5H3. The van der Waals surface area contributed by atoms with E-state index in [9.17, 15) is 4.57 Å². The molecule has 3 saturated heterocycles. The smallest absolute Gasteiger partial charge is 0.163 e. The van der Waals surface area contributed by atoms with Gasteiger partial charge in [0.15, 0.2) is 11.6 Å². The predicted octanol–water partition coefficient (Wildman–Crippen LogP) is 3.59. The molecular formula is C20H30NO5P. The molecule has 1 aromatic carbocycles. The molecule has 0 bridgehead atoms. The first-order valence-electron chi connectivity index (χ1n) is 9.67. The zero-order valence-corrected chi connectivity index (χ0v) is 17.7. The van der Waals surface area contributed by atoms with E-state index in [2.05, 4.69) is 12.2 Å². The fraction of sp³-hybridized carbons (Fsp3) is 0.700. The molecule has 27 heavy (non-hydrogen) atoms. The summed E-state index contributed by atoms with van der Waals surface area (Å²) in [6, 6.07) is 8.13. The molecule has 0 saturated carbocycles. The maximum Gasteiger partial charge on any atom is 0.163 e. The number of fused-ring (bicyclic) bond motifs is 1. The zero-order valence-electron chi connectivity index (χ0n) is 16.7. The van der Waals surface area contributed by atoms with Crippen molar-refractivity contribution in [3.8, 4) is 0 Å². The van der Waals surface area contributed by atoms with Gasteiger partial charge in [0.2, 0.25) is 0 Å². The van der Waals surface area contributed by atoms with Crippen LogP contribution in [0.25, 0.3) is 0 Å². The molecule has 0 spiro atoms. The number of anilines is 1. The van der Waals surface area contributed by atoms with E-state index in [4.69, 9.17) is 18.9 Å². The number of hydrogen-bond donors (Lipinski definition) is 1. The summed E-state index contributed by atoms with van der Waals surface area (Å²) < 4.78 is 37.5. The van der Waals surface area contributed by atoms with Gasteiger partial charge in [-0.2, -0.15) is 0 Å². The van der Waals surface area contributed by atoms with E-state index in [0.717, 1.165) is 5.69 Å². The Kier molecular flexibility index (Phi) is 4.93. The third-order valence-corrected chi connectivity index (χ3v) is 7.62. The Morgan fingerprint density at radius 1 is 1.00 bits per heavy atom. The highest BCUT2D eigenvalue weighted by molar-refractivity contribution is 7.45. The molecule has 0 amide bonds. The fourth-order valence-electron chi connectivity index (χ4n) is 4.33. The Morgan fingerprint density at radius 2 is 1.67 bits per heavy atom. The van der Waals surface area contributed by atoms with Crippen molar-refractivity contribution in [3.05, 3.63) is 29.8 Å². The first-order valence-corrected chi connectivity index (χ1v) is 11.4. The maximum atomic E-state index is 13.2. The van der Waals surface area contributed by atoms with E-state index in [1.165, 1.54) is 5.56 Å². The van der Waals surface area contributed by atoms with E-state index in [1.54, 1.807) is 0 Å². The number of nitrogens with one attached hydrogen (secondary N) is 1. The van der Waals surface area contributed by atoms with Gasteiger partial charge in [0.1, 0.15) is 19.7 Å². The van der Waals surface area contributed by atoms with E-state index in [0.29, 0.717) is 12.8 Å². The molecule has 150 valence electrons. The summed E-state index contributed by atoms with van der Waals surface area (Å²) >= 11 is 0. The second-order valence-electron chi connectivity index (χ2n) is 8.75. The molecule has 1 N–H and O–H groups in total. The first kappa shape index (κ1) is 19.4. The van der Waals surface area contributed by atoms with E-state index >= 15 is 0 Å². The molecule has 0 radical (unpaired) electrons. The predicted molar refractivity (Wildman–Crippen MR) is 105 cm³/mol. The van der Waals surface area contributed by atoms with Crippen LogP contribution in [0, 0.1) is 12.8 Å². The summed E-state index contributed by atoms with van der Waals surface area (Å²) in [6.45, 7) is 10.2. The van der Waals surface area contributed by atoms with E-state index in [1.807, 2.05) is 52.0 Å². The van der Waals surface area contributed by atoms with Gasteiger partial charge in [-0.15, -0.1) is 0 Å². The van der Waals surface area contributed by atoms with Gasteiger partial charge in [-0.3, -0.25) is 0 Å². The SMILES string of the molecule is Cc1ccc(NC2C3OC(C)(C)OC3C(C3COC(C)(C)O3)C[PH]2=O)cc1. The van der Waals surface area contributed by atoms with Crippen LogP contribution in [0.3, 0.4) is 0 Å². The van der Waals surface area contributed by atoms with Crippen LogP contribution < -0.4 is 5.32 Å². The highest BCUT2D eigenvalue weighted by Crippen LogP contribution is 2.50. The summed E-state index contributed by atoms with van der Waals surface area (Å²) in [7, 11) is -1.96. The topological polar surface area (TPSA) is 66.0 Å². The Balaban J connectivity index is 1.57. The van der Waals surface area contributed by atoms with Crippen molar-refractivity contribution in [1.82, 2.24) is 0 Å². The Labute approximate surface area is 161 Å². The number of rotatable bonds is 3. The molecular weight excluding hydrogens is 365 g/mol.